The van der Waals surface area contributed by atoms with E-state index in [9.17, 15) is 27.6 Å². The van der Waals surface area contributed by atoms with Gasteiger partial charge in [-0.05, 0) is 62.0 Å². The molecule has 2 aromatic rings. The molecule has 1 amide bonds. The third kappa shape index (κ3) is 6.41. The van der Waals surface area contributed by atoms with Gasteiger partial charge in [-0.2, -0.15) is 13.2 Å². The molecular weight excluding hydrogens is 395 g/mol. The first-order valence-corrected chi connectivity index (χ1v) is 8.85. The Morgan fingerprint density at radius 2 is 1.68 bits per heavy atom. The van der Waals surface area contributed by atoms with Gasteiger partial charge in [-0.15, -0.1) is 0 Å². The average Bonchev–Trinajstić information content (AvgIpc) is 2.61. The number of esters is 1. The molecule has 0 bridgehead atoms. The van der Waals surface area contributed by atoms with Gasteiger partial charge in [-0.3, -0.25) is 9.59 Å². The molecule has 0 aliphatic heterocycles. The van der Waals surface area contributed by atoms with Crippen LogP contribution in [0, 0.1) is 0 Å². The molecule has 28 heavy (non-hydrogen) atoms. The van der Waals surface area contributed by atoms with Crippen LogP contribution in [0.15, 0.2) is 53.4 Å². The average molecular weight is 411 g/mol. The molecule has 2 rings (SSSR count). The highest BCUT2D eigenvalue weighted by atomic mass is 32.2. The largest absolute Gasteiger partial charge is 0.449 e. The van der Waals surface area contributed by atoms with Crippen molar-refractivity contribution in [3.05, 3.63) is 59.7 Å². The van der Waals surface area contributed by atoms with Gasteiger partial charge in [-0.1, -0.05) is 12.1 Å². The third-order valence-electron chi connectivity index (χ3n) is 3.51. The second-order valence-electron chi connectivity index (χ2n) is 5.75. The minimum Gasteiger partial charge on any atom is -0.449 e. The van der Waals surface area contributed by atoms with E-state index in [4.69, 9.17) is 4.74 Å². The molecule has 0 aliphatic carbocycles. The van der Waals surface area contributed by atoms with Crippen LogP contribution in [0.1, 0.15) is 34.6 Å². The van der Waals surface area contributed by atoms with Gasteiger partial charge in [0, 0.05) is 16.1 Å². The molecular formula is C19H16F3NO4S. The summed E-state index contributed by atoms with van der Waals surface area (Å²) >= 11 is -0.296. The fourth-order valence-electron chi connectivity index (χ4n) is 2.13. The number of carbonyl (C=O) groups excluding carboxylic acids is 3. The fourth-order valence-corrected chi connectivity index (χ4v) is 2.67. The lowest BCUT2D eigenvalue weighted by atomic mass is 10.1. The van der Waals surface area contributed by atoms with Gasteiger partial charge in [0.2, 0.25) is 0 Å². The minimum atomic E-state index is -4.42. The first kappa shape index (κ1) is 21.5. The van der Waals surface area contributed by atoms with Crippen LogP contribution in [-0.2, 0) is 9.53 Å². The molecule has 5 nitrogen and oxygen atoms in total. The first-order chi connectivity index (χ1) is 13.0. The molecule has 0 spiro atoms. The van der Waals surface area contributed by atoms with Crippen molar-refractivity contribution in [1.82, 2.24) is 0 Å². The van der Waals surface area contributed by atoms with Crippen molar-refractivity contribution in [2.24, 2.45) is 0 Å². The second kappa shape index (κ2) is 8.92. The number of benzene rings is 2. The number of Topliss-reactive ketones (excluding diaryl/α,β-unsaturated/α-hetero) is 1. The molecule has 0 aliphatic rings. The van der Waals surface area contributed by atoms with Gasteiger partial charge in [-0.25, -0.2) is 4.79 Å². The van der Waals surface area contributed by atoms with E-state index in [0.29, 0.717) is 11.3 Å². The Morgan fingerprint density at radius 1 is 1.04 bits per heavy atom. The van der Waals surface area contributed by atoms with Crippen LogP contribution in [0.25, 0.3) is 0 Å². The van der Waals surface area contributed by atoms with Gasteiger partial charge in [0.15, 0.2) is 11.9 Å². The van der Waals surface area contributed by atoms with Crippen molar-refractivity contribution in [3.8, 4) is 0 Å². The molecule has 2 aromatic carbocycles. The van der Waals surface area contributed by atoms with E-state index in [1.165, 1.54) is 32.0 Å². The van der Waals surface area contributed by atoms with Crippen LogP contribution in [0.4, 0.5) is 18.9 Å². The number of carbonyl (C=O) groups is 3. The Kier molecular flexibility index (Phi) is 6.85. The maximum atomic E-state index is 12.3. The standard InChI is InChI=1S/C19H16F3NO4S/c1-11(24)14-4-3-5-15(10-14)23-17(25)12(2)27-18(26)13-6-8-16(9-7-13)28-19(20,21)22/h3-10,12H,1-2H3,(H,23,25)/t12-/m0/s1. The van der Waals surface area contributed by atoms with Gasteiger partial charge in [0.25, 0.3) is 5.91 Å². The van der Waals surface area contributed by atoms with Crippen molar-refractivity contribution < 1.29 is 32.3 Å². The fraction of sp³-hybridized carbons (Fsp3) is 0.211. The Bertz CT molecular complexity index is 881. The van der Waals surface area contributed by atoms with E-state index in [0.717, 1.165) is 12.1 Å². The maximum absolute atomic E-state index is 12.3. The Balaban J connectivity index is 1.97. The Hall–Kier alpha value is -2.81. The number of thioether (sulfide) groups is 1. The first-order valence-electron chi connectivity index (χ1n) is 8.04. The highest BCUT2D eigenvalue weighted by molar-refractivity contribution is 8.00. The van der Waals surface area contributed by atoms with Gasteiger partial charge < -0.3 is 10.1 Å². The SMILES string of the molecule is CC(=O)c1cccc(NC(=O)[C@H](C)OC(=O)c2ccc(SC(F)(F)F)cc2)c1. The Labute approximate surface area is 163 Å². The quantitative estimate of drug-likeness (QED) is 0.424. The summed E-state index contributed by atoms with van der Waals surface area (Å²) in [5.41, 5.74) is -3.62. The molecule has 1 N–H and O–H groups in total. The zero-order valence-electron chi connectivity index (χ0n) is 14.9. The molecule has 9 heteroatoms. The summed E-state index contributed by atoms with van der Waals surface area (Å²) < 4.78 is 42.0. The molecule has 0 saturated heterocycles. The number of nitrogens with one attached hydrogen (secondary N) is 1. The Morgan fingerprint density at radius 3 is 2.25 bits per heavy atom. The van der Waals surface area contributed by atoms with Crippen molar-refractivity contribution in [3.63, 3.8) is 0 Å². The number of hydrogen-bond donors (Lipinski definition) is 1. The molecule has 0 saturated carbocycles. The lowest BCUT2D eigenvalue weighted by Crippen LogP contribution is -2.30. The summed E-state index contributed by atoms with van der Waals surface area (Å²) in [5, 5.41) is 2.53. The molecule has 148 valence electrons. The van der Waals surface area contributed by atoms with Crippen molar-refractivity contribution in [2.75, 3.05) is 5.32 Å². The maximum Gasteiger partial charge on any atom is 0.446 e. The van der Waals surface area contributed by atoms with E-state index in [1.54, 1.807) is 18.2 Å². The lowest BCUT2D eigenvalue weighted by Gasteiger charge is -2.14. The van der Waals surface area contributed by atoms with Crippen LogP contribution in [0.5, 0.6) is 0 Å². The predicted molar refractivity (Wildman–Crippen MR) is 98.3 cm³/mol. The number of ether oxygens (including phenoxy) is 1. The van der Waals surface area contributed by atoms with E-state index in [2.05, 4.69) is 5.32 Å². The molecule has 0 fully saturated rings. The molecule has 0 radical (unpaired) electrons. The van der Waals surface area contributed by atoms with Crippen LogP contribution < -0.4 is 5.32 Å². The minimum absolute atomic E-state index is 0.0183. The van der Waals surface area contributed by atoms with Crippen molar-refractivity contribution >= 4 is 35.1 Å². The predicted octanol–water partition coefficient (Wildman–Crippen LogP) is 4.69. The summed E-state index contributed by atoms with van der Waals surface area (Å²) in [4.78, 5) is 35.6. The topological polar surface area (TPSA) is 72.5 Å². The van der Waals surface area contributed by atoms with E-state index < -0.39 is 23.5 Å². The number of ketones is 1. The number of amides is 1. The number of alkyl halides is 3. The summed E-state index contributed by atoms with van der Waals surface area (Å²) in [7, 11) is 0. The second-order valence-corrected chi connectivity index (χ2v) is 6.88. The monoisotopic (exact) mass is 411 g/mol. The number of halogens is 3. The van der Waals surface area contributed by atoms with Crippen LogP contribution in [0.2, 0.25) is 0 Å². The molecule has 1 atom stereocenters. The third-order valence-corrected chi connectivity index (χ3v) is 4.25. The highest BCUT2D eigenvalue weighted by Gasteiger charge is 2.29. The molecule has 0 unspecified atom stereocenters. The van der Waals surface area contributed by atoms with Crippen molar-refractivity contribution in [1.29, 1.82) is 0 Å². The zero-order valence-corrected chi connectivity index (χ0v) is 15.7. The van der Waals surface area contributed by atoms with Crippen LogP contribution >= 0.6 is 11.8 Å². The highest BCUT2D eigenvalue weighted by Crippen LogP contribution is 2.36. The summed E-state index contributed by atoms with van der Waals surface area (Å²) in [6, 6.07) is 10.9. The van der Waals surface area contributed by atoms with E-state index >= 15 is 0 Å². The number of hydrogen-bond acceptors (Lipinski definition) is 5. The molecule has 0 aromatic heterocycles. The van der Waals surface area contributed by atoms with E-state index in [1.807, 2.05) is 0 Å². The summed E-state index contributed by atoms with van der Waals surface area (Å²) in [5.74, 6) is -1.62. The van der Waals surface area contributed by atoms with Crippen LogP contribution in [-0.4, -0.2) is 29.3 Å². The summed E-state index contributed by atoms with van der Waals surface area (Å²) in [6.07, 6.45) is -1.15. The van der Waals surface area contributed by atoms with E-state index in [-0.39, 0.29) is 28.0 Å². The van der Waals surface area contributed by atoms with Crippen molar-refractivity contribution in [2.45, 2.75) is 30.4 Å². The van der Waals surface area contributed by atoms with Gasteiger partial charge in [0.05, 0.1) is 5.56 Å². The normalized spacial score (nSPS) is 12.2. The zero-order chi connectivity index (χ0) is 20.9. The lowest BCUT2D eigenvalue weighted by molar-refractivity contribution is -0.123. The number of anilines is 1. The van der Waals surface area contributed by atoms with Gasteiger partial charge >= 0.3 is 11.5 Å². The summed E-state index contributed by atoms with van der Waals surface area (Å²) in [6.45, 7) is 2.75. The number of rotatable bonds is 6. The smallest absolute Gasteiger partial charge is 0.446 e. The van der Waals surface area contributed by atoms with Crippen LogP contribution in [0.3, 0.4) is 0 Å². The molecule has 0 heterocycles. The van der Waals surface area contributed by atoms with Gasteiger partial charge in [0.1, 0.15) is 0 Å².